The van der Waals surface area contributed by atoms with Crippen LogP contribution in [-0.2, 0) is 0 Å². The van der Waals surface area contributed by atoms with Gasteiger partial charge < -0.3 is 0 Å². The average Bonchev–Trinajstić information content (AvgIpc) is 4.00. The SMILES string of the molecule is C1CCC2CC(C3CCC(N(C4CCC(C5CCCC6C7CCC8SC9CCCCC9C8C7SC56)CC4)C4CCCC5C6CC7CCCCC7CC6SC54)CC3)CCC2C1. The molecule has 13 aliphatic rings. The van der Waals surface area contributed by atoms with Crippen LogP contribution in [0.25, 0.3) is 0 Å². The molecular formula is C56H89NS3. The summed E-state index contributed by atoms with van der Waals surface area (Å²) in [6.45, 7) is 0. The van der Waals surface area contributed by atoms with Crippen LogP contribution in [0.3, 0.4) is 0 Å². The fraction of sp³-hybridized carbons (Fsp3) is 1.00. The highest BCUT2D eigenvalue weighted by molar-refractivity contribution is 8.02. The Labute approximate surface area is 382 Å². The van der Waals surface area contributed by atoms with Crippen molar-refractivity contribution in [2.75, 3.05) is 0 Å². The van der Waals surface area contributed by atoms with Crippen molar-refractivity contribution in [3.63, 3.8) is 0 Å². The Morgan fingerprint density at radius 3 is 1.62 bits per heavy atom. The van der Waals surface area contributed by atoms with Crippen molar-refractivity contribution in [3.05, 3.63) is 0 Å². The molecule has 0 amide bonds. The molecule has 19 atom stereocenters. The minimum Gasteiger partial charge on any atom is -0.293 e. The largest absolute Gasteiger partial charge is 0.293 e. The van der Waals surface area contributed by atoms with E-state index in [1.165, 1.54) is 6.42 Å². The summed E-state index contributed by atoms with van der Waals surface area (Å²) < 4.78 is 0. The van der Waals surface area contributed by atoms with Gasteiger partial charge in [-0.25, -0.2) is 0 Å². The molecule has 0 aromatic heterocycles. The molecule has 60 heavy (non-hydrogen) atoms. The van der Waals surface area contributed by atoms with Crippen LogP contribution in [-0.4, -0.2) is 54.5 Å². The monoisotopic (exact) mass is 872 g/mol. The maximum absolute atomic E-state index is 3.49. The van der Waals surface area contributed by atoms with Crippen molar-refractivity contribution in [2.45, 2.75) is 262 Å². The van der Waals surface area contributed by atoms with Crippen molar-refractivity contribution >= 4 is 35.3 Å². The minimum atomic E-state index is 0.910. The van der Waals surface area contributed by atoms with Crippen molar-refractivity contribution in [1.82, 2.24) is 4.90 Å². The van der Waals surface area contributed by atoms with Gasteiger partial charge in [-0.3, -0.25) is 4.90 Å². The maximum atomic E-state index is 3.49. The summed E-state index contributed by atoms with van der Waals surface area (Å²) in [5, 5.41) is 6.18. The number of fused-ring (bicyclic) bond motifs is 12. The molecule has 19 unspecified atom stereocenters. The Balaban J connectivity index is 0.715. The molecular weight excluding hydrogens is 783 g/mol. The van der Waals surface area contributed by atoms with Crippen LogP contribution < -0.4 is 0 Å². The molecule has 0 aromatic rings. The van der Waals surface area contributed by atoms with Crippen molar-refractivity contribution in [2.24, 2.45) is 82.9 Å². The molecule has 10 saturated carbocycles. The van der Waals surface area contributed by atoms with Gasteiger partial charge in [0, 0.05) is 49.6 Å². The molecule has 0 aromatic carbocycles. The summed E-state index contributed by atoms with van der Waals surface area (Å²) in [4.78, 5) is 3.49. The van der Waals surface area contributed by atoms with Crippen molar-refractivity contribution in [3.8, 4) is 0 Å². The first-order valence-corrected chi connectivity index (χ1v) is 31.3. The summed E-state index contributed by atoms with van der Waals surface area (Å²) in [5.41, 5.74) is 0. The molecule has 0 bridgehead atoms. The van der Waals surface area contributed by atoms with Gasteiger partial charge in [-0.05, 0) is 218 Å². The molecule has 13 rings (SSSR count). The summed E-state index contributed by atoms with van der Waals surface area (Å²) in [7, 11) is 0. The smallest absolute Gasteiger partial charge is 0.0237 e. The van der Waals surface area contributed by atoms with Gasteiger partial charge in [0.05, 0.1) is 0 Å². The first kappa shape index (κ1) is 41.2. The zero-order valence-electron chi connectivity index (χ0n) is 38.3. The van der Waals surface area contributed by atoms with Crippen LogP contribution in [0.1, 0.15) is 212 Å². The van der Waals surface area contributed by atoms with Gasteiger partial charge in [0.15, 0.2) is 0 Å². The lowest BCUT2D eigenvalue weighted by molar-refractivity contribution is -0.0152. The fourth-order valence-corrected chi connectivity index (χ4v) is 27.8. The van der Waals surface area contributed by atoms with Crippen LogP contribution in [0.15, 0.2) is 0 Å². The molecule has 3 saturated heterocycles. The first-order chi connectivity index (χ1) is 29.7. The second-order valence-electron chi connectivity index (χ2n) is 25.5. The first-order valence-electron chi connectivity index (χ1n) is 28.5. The number of hydrogen-bond acceptors (Lipinski definition) is 4. The number of hydrogen-bond donors (Lipinski definition) is 0. The topological polar surface area (TPSA) is 3.24 Å². The van der Waals surface area contributed by atoms with Gasteiger partial charge in [-0.1, -0.05) is 77.0 Å². The van der Waals surface area contributed by atoms with Gasteiger partial charge in [0.2, 0.25) is 0 Å². The van der Waals surface area contributed by atoms with Crippen molar-refractivity contribution < 1.29 is 0 Å². The highest BCUT2D eigenvalue weighted by Gasteiger charge is 2.60. The predicted octanol–water partition coefficient (Wildman–Crippen LogP) is 15.5. The molecule has 3 aliphatic heterocycles. The minimum absolute atomic E-state index is 0.910. The Morgan fingerprint density at radius 1 is 0.267 bits per heavy atom. The Kier molecular flexibility index (Phi) is 12.1. The van der Waals surface area contributed by atoms with Gasteiger partial charge in [-0.2, -0.15) is 35.3 Å². The highest BCUT2D eigenvalue weighted by Crippen LogP contribution is 2.66. The Bertz CT molecular complexity index is 1470. The van der Waals surface area contributed by atoms with E-state index in [9.17, 15) is 0 Å². The van der Waals surface area contributed by atoms with E-state index in [-0.39, 0.29) is 0 Å². The molecule has 13 fully saturated rings. The van der Waals surface area contributed by atoms with E-state index in [4.69, 9.17) is 0 Å². The third kappa shape index (κ3) is 7.38. The van der Waals surface area contributed by atoms with Crippen molar-refractivity contribution in [1.29, 1.82) is 0 Å². The van der Waals surface area contributed by atoms with E-state index in [1.54, 1.807) is 205 Å². The summed E-state index contributed by atoms with van der Waals surface area (Å²) in [5.74, 6) is 15.2. The molecule has 4 heteroatoms. The van der Waals surface area contributed by atoms with Crippen LogP contribution in [0.5, 0.6) is 0 Å². The summed E-state index contributed by atoms with van der Waals surface area (Å²) >= 11 is 7.85. The third-order valence-electron chi connectivity index (χ3n) is 23.3. The van der Waals surface area contributed by atoms with E-state index in [0.717, 1.165) is 132 Å². The lowest BCUT2D eigenvalue weighted by Crippen LogP contribution is -2.57. The molecule has 0 N–H and O–H groups in total. The third-order valence-corrected chi connectivity index (χ3v) is 29.0. The predicted molar refractivity (Wildman–Crippen MR) is 260 cm³/mol. The normalized spacial score (nSPS) is 56.2. The van der Waals surface area contributed by atoms with Gasteiger partial charge in [0.1, 0.15) is 0 Å². The zero-order valence-corrected chi connectivity index (χ0v) is 40.7. The van der Waals surface area contributed by atoms with Crippen LogP contribution >= 0.6 is 35.3 Å². The highest BCUT2D eigenvalue weighted by atomic mass is 32.2. The lowest BCUT2D eigenvalue weighted by Gasteiger charge is -2.53. The van der Waals surface area contributed by atoms with E-state index in [0.29, 0.717) is 0 Å². The van der Waals surface area contributed by atoms with Crippen LogP contribution in [0.4, 0.5) is 0 Å². The number of thioether (sulfide) groups is 3. The van der Waals surface area contributed by atoms with Gasteiger partial charge >= 0.3 is 0 Å². The molecule has 3 heterocycles. The second-order valence-corrected chi connectivity index (χ2v) is 29.8. The van der Waals surface area contributed by atoms with Crippen LogP contribution in [0, 0.1) is 82.9 Å². The van der Waals surface area contributed by atoms with E-state index in [2.05, 4.69) is 40.2 Å². The van der Waals surface area contributed by atoms with Gasteiger partial charge in [-0.15, -0.1) is 0 Å². The second kappa shape index (κ2) is 17.6. The maximum Gasteiger partial charge on any atom is 0.0237 e. The van der Waals surface area contributed by atoms with E-state index < -0.39 is 0 Å². The Morgan fingerprint density at radius 2 is 0.817 bits per heavy atom. The molecule has 336 valence electrons. The zero-order chi connectivity index (χ0) is 39.3. The van der Waals surface area contributed by atoms with Crippen LogP contribution in [0.2, 0.25) is 0 Å². The molecule has 1 nitrogen and oxygen atoms in total. The molecule has 0 spiro atoms. The van der Waals surface area contributed by atoms with Gasteiger partial charge in [0.25, 0.3) is 0 Å². The molecule has 0 radical (unpaired) electrons. The summed E-state index contributed by atoms with van der Waals surface area (Å²) in [6, 6.07) is 2.74. The molecule has 10 aliphatic carbocycles. The number of nitrogens with zero attached hydrogens (tertiary/aromatic N) is 1. The standard InChI is InChI=1S/C56H89NS3/c1-2-10-37-31-40(20-19-34(37)9-1)35-21-25-41(26-22-35)57(49-17-8-16-45-48-32-38-11-3-4-12-39(38)33-52(48)59-55(45)49)42-27-23-36(24-28-42)43-14-7-15-44-46-29-30-51-53(56(46)60-54(43)44)47-13-5-6-18-50(47)58-51/h34-56H,1-33H2. The lowest BCUT2D eigenvalue weighted by atomic mass is 9.61. The van der Waals surface area contributed by atoms with E-state index >= 15 is 0 Å². The Hall–Kier alpha value is 1.01. The quantitative estimate of drug-likeness (QED) is 0.271. The fourth-order valence-electron chi connectivity index (χ4n) is 20.8. The van der Waals surface area contributed by atoms with E-state index in [1.807, 2.05) is 0 Å². The summed E-state index contributed by atoms with van der Waals surface area (Å²) in [6.07, 6.45) is 52.2. The average molecular weight is 873 g/mol. The number of rotatable bonds is 5.